The summed E-state index contributed by atoms with van der Waals surface area (Å²) in [6, 6.07) is 6.50. The molecule has 5 unspecified atom stereocenters. The van der Waals surface area contributed by atoms with E-state index in [2.05, 4.69) is 0 Å². The van der Waals surface area contributed by atoms with Crippen LogP contribution in [0.25, 0.3) is 0 Å². The predicted octanol–water partition coefficient (Wildman–Crippen LogP) is 1.10. The minimum atomic E-state index is -2.05. The third kappa shape index (κ3) is 4.21. The van der Waals surface area contributed by atoms with Gasteiger partial charge in [-0.25, -0.2) is 4.39 Å². The molecule has 5 atom stereocenters. The minimum Gasteiger partial charge on any atom is -0.453 e. The lowest BCUT2D eigenvalue weighted by Gasteiger charge is -2.19. The number of esters is 2. The first-order valence-corrected chi connectivity index (χ1v) is 7.64. The third-order valence-electron chi connectivity index (χ3n) is 3.76. The van der Waals surface area contributed by atoms with Crippen LogP contribution in [0.3, 0.4) is 0 Å². The summed E-state index contributed by atoms with van der Waals surface area (Å²) >= 11 is 0. The van der Waals surface area contributed by atoms with Crippen molar-refractivity contribution < 1.29 is 38.1 Å². The highest BCUT2D eigenvalue weighted by molar-refractivity contribution is 6.01. The number of aryl methyl sites for hydroxylation is 1. The van der Waals surface area contributed by atoms with Crippen molar-refractivity contribution in [3.05, 3.63) is 35.4 Å². The Hall–Kier alpha value is -2.32. The first-order chi connectivity index (χ1) is 11.7. The Morgan fingerprint density at radius 1 is 1.16 bits per heavy atom. The highest BCUT2D eigenvalue weighted by Crippen LogP contribution is 2.31. The molecule has 0 spiro atoms. The molecule has 1 aliphatic rings. The number of alkyl halides is 1. The number of ketones is 1. The number of aliphatic hydroxyl groups is 1. The van der Waals surface area contributed by atoms with Crippen molar-refractivity contribution in [3.8, 4) is 0 Å². The number of Topliss-reactive ketones (excluding diaryl/α,β-unsaturated/α-hetero) is 1. The van der Waals surface area contributed by atoms with Gasteiger partial charge in [-0.1, -0.05) is 24.3 Å². The molecule has 25 heavy (non-hydrogen) atoms. The van der Waals surface area contributed by atoms with Crippen LogP contribution in [0.4, 0.5) is 4.39 Å². The molecule has 0 saturated carbocycles. The molecule has 1 aromatic carbocycles. The average Bonchev–Trinajstić information content (AvgIpc) is 2.82. The van der Waals surface area contributed by atoms with E-state index in [1.807, 2.05) is 0 Å². The van der Waals surface area contributed by atoms with Crippen LogP contribution >= 0.6 is 0 Å². The van der Waals surface area contributed by atoms with Gasteiger partial charge in [-0.3, -0.25) is 14.4 Å². The second-order valence-corrected chi connectivity index (χ2v) is 5.72. The number of aliphatic hydroxyl groups excluding tert-OH is 1. The summed E-state index contributed by atoms with van der Waals surface area (Å²) in [5, 5.41) is 10.3. The molecule has 1 aliphatic heterocycles. The van der Waals surface area contributed by atoms with Gasteiger partial charge < -0.3 is 19.3 Å². The van der Waals surface area contributed by atoms with Gasteiger partial charge in [-0.2, -0.15) is 0 Å². The van der Waals surface area contributed by atoms with Crippen LogP contribution in [-0.4, -0.2) is 53.6 Å². The predicted molar refractivity (Wildman–Crippen MR) is 82.4 cm³/mol. The number of carbonyl (C=O) groups excluding carboxylic acids is 3. The molecular weight excluding hydrogens is 335 g/mol. The molecule has 1 heterocycles. The average molecular weight is 354 g/mol. The molecule has 1 aromatic rings. The Balaban J connectivity index is 2.22. The SMILES string of the molecule is CC(=O)OC1OC(C(O)C(=O)c2ccccc2C)C(F)C1OC(C)=O. The Morgan fingerprint density at radius 2 is 1.76 bits per heavy atom. The number of halogens is 1. The van der Waals surface area contributed by atoms with Crippen LogP contribution < -0.4 is 0 Å². The lowest BCUT2D eigenvalue weighted by molar-refractivity contribution is -0.197. The van der Waals surface area contributed by atoms with Gasteiger partial charge in [-0.05, 0) is 12.5 Å². The molecule has 0 amide bonds. The lowest BCUT2D eigenvalue weighted by Crippen LogP contribution is -2.42. The van der Waals surface area contributed by atoms with Crippen molar-refractivity contribution in [1.82, 2.24) is 0 Å². The number of benzene rings is 1. The van der Waals surface area contributed by atoms with Gasteiger partial charge in [0.05, 0.1) is 0 Å². The fraction of sp³-hybridized carbons (Fsp3) is 0.471. The van der Waals surface area contributed by atoms with Crippen molar-refractivity contribution >= 4 is 17.7 Å². The number of ether oxygens (including phenoxy) is 3. The van der Waals surface area contributed by atoms with Crippen LogP contribution in [0.15, 0.2) is 24.3 Å². The molecule has 1 saturated heterocycles. The van der Waals surface area contributed by atoms with Gasteiger partial charge in [0.1, 0.15) is 12.2 Å². The number of hydrogen-bond acceptors (Lipinski definition) is 7. The summed E-state index contributed by atoms with van der Waals surface area (Å²) < 4.78 is 29.4. The molecule has 2 rings (SSSR count). The van der Waals surface area contributed by atoms with Gasteiger partial charge in [0.25, 0.3) is 0 Å². The maximum atomic E-state index is 14.6. The highest BCUT2D eigenvalue weighted by Gasteiger charge is 2.53. The van der Waals surface area contributed by atoms with Crippen LogP contribution in [-0.2, 0) is 23.8 Å². The van der Waals surface area contributed by atoms with E-state index in [-0.39, 0.29) is 5.56 Å². The van der Waals surface area contributed by atoms with E-state index in [4.69, 9.17) is 14.2 Å². The first kappa shape index (κ1) is 19.0. The molecule has 0 bridgehead atoms. The van der Waals surface area contributed by atoms with Gasteiger partial charge in [0.2, 0.25) is 6.29 Å². The largest absolute Gasteiger partial charge is 0.453 e. The van der Waals surface area contributed by atoms with E-state index in [1.165, 1.54) is 6.07 Å². The Kier molecular flexibility index (Phi) is 5.86. The van der Waals surface area contributed by atoms with Crippen molar-refractivity contribution in [1.29, 1.82) is 0 Å². The smallest absolute Gasteiger partial charge is 0.305 e. The van der Waals surface area contributed by atoms with E-state index >= 15 is 0 Å². The van der Waals surface area contributed by atoms with E-state index in [0.29, 0.717) is 5.56 Å². The summed E-state index contributed by atoms with van der Waals surface area (Å²) in [4.78, 5) is 34.7. The molecule has 0 radical (unpaired) electrons. The Morgan fingerprint density at radius 3 is 2.32 bits per heavy atom. The lowest BCUT2D eigenvalue weighted by atomic mass is 9.96. The minimum absolute atomic E-state index is 0.214. The van der Waals surface area contributed by atoms with Crippen molar-refractivity contribution in [2.75, 3.05) is 0 Å². The molecule has 7 nitrogen and oxygen atoms in total. The standard InChI is InChI=1S/C17H19FO7/c1-8-6-4-5-7-11(8)13(21)14(22)15-12(18)16(23-9(2)19)17(25-15)24-10(3)20/h4-7,12,14-17,22H,1-3H3. The topological polar surface area (TPSA) is 99.1 Å². The van der Waals surface area contributed by atoms with Gasteiger partial charge in [-0.15, -0.1) is 0 Å². The summed E-state index contributed by atoms with van der Waals surface area (Å²) in [6.45, 7) is 3.80. The van der Waals surface area contributed by atoms with E-state index in [9.17, 15) is 23.9 Å². The van der Waals surface area contributed by atoms with Crippen LogP contribution in [0.1, 0.15) is 29.8 Å². The number of hydrogen-bond donors (Lipinski definition) is 1. The monoisotopic (exact) mass is 354 g/mol. The fourth-order valence-electron chi connectivity index (χ4n) is 2.62. The summed E-state index contributed by atoms with van der Waals surface area (Å²) in [5.41, 5.74) is 0.818. The number of carbonyl (C=O) groups is 3. The molecule has 1 fully saturated rings. The summed E-state index contributed by atoms with van der Waals surface area (Å²) in [5.74, 6) is -2.33. The van der Waals surface area contributed by atoms with Crippen LogP contribution in [0.2, 0.25) is 0 Å². The van der Waals surface area contributed by atoms with Crippen molar-refractivity contribution in [2.24, 2.45) is 0 Å². The van der Waals surface area contributed by atoms with E-state index in [1.54, 1.807) is 25.1 Å². The first-order valence-electron chi connectivity index (χ1n) is 7.64. The quantitative estimate of drug-likeness (QED) is 0.624. The van der Waals surface area contributed by atoms with Gasteiger partial charge >= 0.3 is 11.9 Å². The molecule has 0 aliphatic carbocycles. The maximum absolute atomic E-state index is 14.6. The molecular formula is C17H19FO7. The molecule has 136 valence electrons. The summed E-state index contributed by atoms with van der Waals surface area (Å²) in [6.07, 6.45) is -8.64. The van der Waals surface area contributed by atoms with Gasteiger partial charge in [0.15, 0.2) is 18.1 Å². The molecule has 1 N–H and O–H groups in total. The zero-order valence-electron chi connectivity index (χ0n) is 14.0. The van der Waals surface area contributed by atoms with Crippen molar-refractivity contribution in [3.63, 3.8) is 0 Å². The van der Waals surface area contributed by atoms with E-state index < -0.39 is 48.5 Å². The van der Waals surface area contributed by atoms with Crippen LogP contribution in [0, 0.1) is 6.92 Å². The number of rotatable bonds is 5. The second-order valence-electron chi connectivity index (χ2n) is 5.72. The molecule has 8 heteroatoms. The van der Waals surface area contributed by atoms with Crippen LogP contribution in [0.5, 0.6) is 0 Å². The van der Waals surface area contributed by atoms with Gasteiger partial charge in [0, 0.05) is 19.4 Å². The Bertz CT molecular complexity index is 675. The molecule has 0 aromatic heterocycles. The Labute approximate surface area is 143 Å². The zero-order chi connectivity index (χ0) is 18.7. The van der Waals surface area contributed by atoms with Crippen molar-refractivity contribution in [2.45, 2.75) is 51.5 Å². The van der Waals surface area contributed by atoms with E-state index in [0.717, 1.165) is 13.8 Å². The maximum Gasteiger partial charge on any atom is 0.305 e. The fourth-order valence-corrected chi connectivity index (χ4v) is 2.62. The normalized spacial score (nSPS) is 26.8. The third-order valence-corrected chi connectivity index (χ3v) is 3.76. The highest BCUT2D eigenvalue weighted by atomic mass is 19.1. The second kappa shape index (κ2) is 7.71. The zero-order valence-corrected chi connectivity index (χ0v) is 14.0. The summed E-state index contributed by atoms with van der Waals surface area (Å²) in [7, 11) is 0.